The van der Waals surface area contributed by atoms with E-state index in [0.29, 0.717) is 5.56 Å². The topological polar surface area (TPSA) is 39.7 Å². The van der Waals surface area contributed by atoms with E-state index in [0.717, 1.165) is 36.7 Å². The SMILES string of the molecule is CN1C(=O)c2cccnc2N(CCCN2CCCCC2)c2ccccc21. The molecule has 2 aliphatic rings. The summed E-state index contributed by atoms with van der Waals surface area (Å²) in [6.45, 7) is 4.39. The minimum atomic E-state index is -0.000851. The molecule has 0 N–H and O–H groups in total. The van der Waals surface area contributed by atoms with Crippen LogP contribution in [0.5, 0.6) is 0 Å². The molecule has 0 aliphatic carbocycles. The van der Waals surface area contributed by atoms with Crippen LogP contribution in [0.3, 0.4) is 0 Å². The summed E-state index contributed by atoms with van der Waals surface area (Å²) in [5.41, 5.74) is 2.66. The molecule has 1 fully saturated rings. The van der Waals surface area contributed by atoms with Crippen LogP contribution in [0.2, 0.25) is 0 Å². The van der Waals surface area contributed by atoms with Crippen LogP contribution < -0.4 is 9.80 Å². The molecule has 0 spiro atoms. The van der Waals surface area contributed by atoms with E-state index in [9.17, 15) is 4.79 Å². The molecule has 0 saturated carbocycles. The molecule has 0 atom stereocenters. The molecule has 4 rings (SSSR count). The third-order valence-electron chi connectivity index (χ3n) is 5.42. The van der Waals surface area contributed by atoms with Crippen LogP contribution >= 0.6 is 0 Å². The van der Waals surface area contributed by atoms with Crippen molar-refractivity contribution in [1.29, 1.82) is 0 Å². The zero-order valence-electron chi connectivity index (χ0n) is 15.4. The molecule has 2 aliphatic heterocycles. The van der Waals surface area contributed by atoms with Gasteiger partial charge in [0, 0.05) is 19.8 Å². The average Bonchev–Trinajstić information content (AvgIpc) is 2.79. The maximum Gasteiger partial charge on any atom is 0.261 e. The Morgan fingerprint density at radius 2 is 1.73 bits per heavy atom. The number of carbonyl (C=O) groups is 1. The minimum absolute atomic E-state index is 0.000851. The minimum Gasteiger partial charge on any atom is -0.324 e. The summed E-state index contributed by atoms with van der Waals surface area (Å²) in [5, 5.41) is 0. The van der Waals surface area contributed by atoms with Gasteiger partial charge in [-0.25, -0.2) is 4.98 Å². The smallest absolute Gasteiger partial charge is 0.261 e. The lowest BCUT2D eigenvalue weighted by molar-refractivity contribution is 0.0994. The molecule has 3 heterocycles. The number of nitrogens with zero attached hydrogens (tertiary/aromatic N) is 4. The van der Waals surface area contributed by atoms with Gasteiger partial charge in [0.25, 0.3) is 5.91 Å². The van der Waals surface area contributed by atoms with E-state index in [1.165, 1.54) is 32.4 Å². The Morgan fingerprint density at radius 1 is 0.962 bits per heavy atom. The van der Waals surface area contributed by atoms with E-state index < -0.39 is 0 Å². The number of piperidine rings is 1. The second kappa shape index (κ2) is 7.46. The third kappa shape index (κ3) is 3.19. The Morgan fingerprint density at radius 3 is 2.54 bits per heavy atom. The van der Waals surface area contributed by atoms with Crippen molar-refractivity contribution in [3.8, 4) is 0 Å². The zero-order chi connectivity index (χ0) is 17.9. The Balaban J connectivity index is 1.63. The normalized spacial score (nSPS) is 17.7. The highest BCUT2D eigenvalue weighted by Gasteiger charge is 2.29. The van der Waals surface area contributed by atoms with E-state index >= 15 is 0 Å². The number of carbonyl (C=O) groups excluding carboxylic acids is 1. The van der Waals surface area contributed by atoms with Crippen molar-refractivity contribution in [2.24, 2.45) is 0 Å². The van der Waals surface area contributed by atoms with Gasteiger partial charge < -0.3 is 14.7 Å². The number of anilines is 3. The molecule has 0 unspecified atom stereocenters. The monoisotopic (exact) mass is 350 g/mol. The van der Waals surface area contributed by atoms with Gasteiger partial charge in [-0.15, -0.1) is 0 Å². The summed E-state index contributed by atoms with van der Waals surface area (Å²) in [7, 11) is 1.84. The summed E-state index contributed by atoms with van der Waals surface area (Å²) < 4.78 is 0. The fraction of sp³-hybridized carbons (Fsp3) is 0.429. The van der Waals surface area contributed by atoms with Crippen LogP contribution in [0.1, 0.15) is 36.0 Å². The van der Waals surface area contributed by atoms with E-state index in [-0.39, 0.29) is 5.91 Å². The molecule has 26 heavy (non-hydrogen) atoms. The quantitative estimate of drug-likeness (QED) is 0.843. The van der Waals surface area contributed by atoms with Gasteiger partial charge in [-0.1, -0.05) is 18.6 Å². The van der Waals surface area contributed by atoms with E-state index in [4.69, 9.17) is 0 Å². The third-order valence-corrected chi connectivity index (χ3v) is 5.42. The maximum atomic E-state index is 12.9. The van der Waals surface area contributed by atoms with Crippen molar-refractivity contribution in [2.75, 3.05) is 43.0 Å². The molecule has 1 aromatic heterocycles. The molecule has 5 heteroatoms. The number of rotatable bonds is 4. The first-order valence-electron chi connectivity index (χ1n) is 9.58. The van der Waals surface area contributed by atoms with Gasteiger partial charge in [0.1, 0.15) is 5.82 Å². The predicted octanol–water partition coefficient (Wildman–Crippen LogP) is 3.69. The van der Waals surface area contributed by atoms with Crippen LogP contribution in [0.15, 0.2) is 42.6 Å². The fourth-order valence-corrected chi connectivity index (χ4v) is 4.02. The lowest BCUT2D eigenvalue weighted by Gasteiger charge is -2.29. The summed E-state index contributed by atoms with van der Waals surface area (Å²) in [4.78, 5) is 24.0. The van der Waals surface area contributed by atoms with Crippen LogP contribution in [0.25, 0.3) is 0 Å². The Labute approximate surface area is 155 Å². The van der Waals surface area contributed by atoms with E-state index in [1.54, 1.807) is 11.1 Å². The van der Waals surface area contributed by atoms with Gasteiger partial charge in [-0.2, -0.15) is 0 Å². The van der Waals surface area contributed by atoms with Crippen molar-refractivity contribution in [3.63, 3.8) is 0 Å². The summed E-state index contributed by atoms with van der Waals surface area (Å²) >= 11 is 0. The Hall–Kier alpha value is -2.40. The number of likely N-dealkylation sites (tertiary alicyclic amines) is 1. The van der Waals surface area contributed by atoms with Crippen LogP contribution in [-0.2, 0) is 0 Å². The fourth-order valence-electron chi connectivity index (χ4n) is 4.02. The molecular weight excluding hydrogens is 324 g/mol. The second-order valence-corrected chi connectivity index (χ2v) is 7.13. The van der Waals surface area contributed by atoms with Crippen molar-refractivity contribution < 1.29 is 4.79 Å². The van der Waals surface area contributed by atoms with Crippen LogP contribution in [0.4, 0.5) is 17.2 Å². The first-order chi connectivity index (χ1) is 12.8. The lowest BCUT2D eigenvalue weighted by atomic mass is 10.1. The Kier molecular flexibility index (Phi) is 4.89. The molecule has 1 saturated heterocycles. The summed E-state index contributed by atoms with van der Waals surface area (Å²) in [6.07, 6.45) is 6.83. The zero-order valence-corrected chi connectivity index (χ0v) is 15.4. The van der Waals surface area contributed by atoms with Crippen molar-refractivity contribution >= 4 is 23.1 Å². The molecular formula is C21H26N4O. The first-order valence-corrected chi connectivity index (χ1v) is 9.58. The predicted molar refractivity (Wildman–Crippen MR) is 105 cm³/mol. The number of amides is 1. The average molecular weight is 350 g/mol. The van der Waals surface area contributed by atoms with Gasteiger partial charge in [-0.3, -0.25) is 4.79 Å². The van der Waals surface area contributed by atoms with Gasteiger partial charge in [0.2, 0.25) is 0 Å². The highest BCUT2D eigenvalue weighted by atomic mass is 16.2. The van der Waals surface area contributed by atoms with E-state index in [2.05, 4.69) is 20.9 Å². The number of pyridine rings is 1. The largest absolute Gasteiger partial charge is 0.324 e. The standard InChI is InChI=1S/C21H26N4O/c1-23-18-10-3-4-11-19(18)25(16-8-15-24-13-5-2-6-14-24)20-17(21(23)26)9-7-12-22-20/h3-4,7,9-12H,2,5-6,8,13-16H2,1H3. The van der Waals surface area contributed by atoms with Gasteiger partial charge in [0.05, 0.1) is 16.9 Å². The van der Waals surface area contributed by atoms with Crippen molar-refractivity contribution in [1.82, 2.24) is 9.88 Å². The molecule has 0 radical (unpaired) electrons. The second-order valence-electron chi connectivity index (χ2n) is 7.13. The number of hydrogen-bond acceptors (Lipinski definition) is 4. The molecule has 1 amide bonds. The van der Waals surface area contributed by atoms with Gasteiger partial charge >= 0.3 is 0 Å². The summed E-state index contributed by atoms with van der Waals surface area (Å²) in [5.74, 6) is 0.770. The number of hydrogen-bond donors (Lipinski definition) is 0. The molecule has 0 bridgehead atoms. The maximum absolute atomic E-state index is 12.9. The number of fused-ring (bicyclic) bond motifs is 2. The van der Waals surface area contributed by atoms with Crippen LogP contribution in [0, 0.1) is 0 Å². The van der Waals surface area contributed by atoms with Gasteiger partial charge in [0.15, 0.2) is 0 Å². The van der Waals surface area contributed by atoms with Crippen molar-refractivity contribution in [3.05, 3.63) is 48.2 Å². The number of aromatic nitrogens is 1. The molecule has 5 nitrogen and oxygen atoms in total. The highest BCUT2D eigenvalue weighted by molar-refractivity contribution is 6.12. The molecule has 2 aromatic rings. The first kappa shape index (κ1) is 17.0. The highest BCUT2D eigenvalue weighted by Crippen LogP contribution is 2.38. The van der Waals surface area contributed by atoms with Crippen molar-refractivity contribution in [2.45, 2.75) is 25.7 Å². The molecule has 1 aromatic carbocycles. The number of benzene rings is 1. The molecule has 136 valence electrons. The van der Waals surface area contributed by atoms with Gasteiger partial charge in [-0.05, 0) is 63.2 Å². The van der Waals surface area contributed by atoms with E-state index in [1.807, 2.05) is 37.4 Å². The summed E-state index contributed by atoms with van der Waals surface area (Å²) in [6, 6.07) is 11.8. The Bertz CT molecular complexity index is 785. The van der Waals surface area contributed by atoms with Crippen LogP contribution in [-0.4, -0.2) is 49.0 Å². The number of para-hydroxylation sites is 2. The lowest BCUT2D eigenvalue weighted by Crippen LogP contribution is -2.32.